The fraction of sp³-hybridized carbons (Fsp3) is 0.300. The topological polar surface area (TPSA) is 29.3 Å². The van der Waals surface area contributed by atoms with Gasteiger partial charge in [-0.15, -0.1) is 0 Å². The highest BCUT2D eigenvalue weighted by Gasteiger charge is 2.05. The highest BCUT2D eigenvalue weighted by atomic mass is 79.9. The number of halogens is 2. The van der Waals surface area contributed by atoms with Gasteiger partial charge in [0.2, 0.25) is 0 Å². The van der Waals surface area contributed by atoms with Crippen LogP contribution < -0.4 is 5.73 Å². The van der Waals surface area contributed by atoms with Crippen molar-refractivity contribution in [2.45, 2.75) is 6.54 Å². The largest absolute Gasteiger partial charge is 0.392 e. The maximum absolute atomic E-state index is 12.8. The van der Waals surface area contributed by atoms with E-state index < -0.39 is 0 Å². The van der Waals surface area contributed by atoms with E-state index in [0.717, 1.165) is 10.0 Å². The van der Waals surface area contributed by atoms with Crippen molar-refractivity contribution in [1.29, 1.82) is 0 Å². The smallest absolute Gasteiger partial charge is 0.124 e. The summed E-state index contributed by atoms with van der Waals surface area (Å²) in [6, 6.07) is 4.63. The third-order valence-electron chi connectivity index (χ3n) is 1.88. The summed E-state index contributed by atoms with van der Waals surface area (Å²) in [5, 5.41) is 0. The van der Waals surface area contributed by atoms with Gasteiger partial charge in [0.15, 0.2) is 0 Å². The molecule has 1 aromatic rings. The molecule has 0 radical (unpaired) electrons. The molecule has 1 aromatic carbocycles. The molecule has 82 valence electrons. The zero-order chi connectivity index (χ0) is 11.4. The number of hydrogen-bond donors (Lipinski definition) is 1. The average Bonchev–Trinajstić information content (AvgIpc) is 2.08. The van der Waals surface area contributed by atoms with E-state index in [1.54, 1.807) is 6.07 Å². The summed E-state index contributed by atoms with van der Waals surface area (Å²) in [4.78, 5) is 2.43. The average molecular weight is 291 g/mol. The van der Waals surface area contributed by atoms with Crippen molar-refractivity contribution in [3.63, 3.8) is 0 Å². The minimum absolute atomic E-state index is 0.248. The number of benzene rings is 1. The van der Waals surface area contributed by atoms with Crippen LogP contribution >= 0.6 is 28.1 Å². The quantitative estimate of drug-likeness (QED) is 0.863. The van der Waals surface area contributed by atoms with Crippen LogP contribution in [0.2, 0.25) is 0 Å². The minimum atomic E-state index is -0.248. The second-order valence-electron chi connectivity index (χ2n) is 3.37. The van der Waals surface area contributed by atoms with Crippen molar-refractivity contribution in [1.82, 2.24) is 4.90 Å². The van der Waals surface area contributed by atoms with Crippen molar-refractivity contribution in [3.05, 3.63) is 34.1 Å². The van der Waals surface area contributed by atoms with Crippen LogP contribution in [0.5, 0.6) is 0 Å². The Morgan fingerprint density at radius 3 is 2.80 bits per heavy atom. The molecule has 15 heavy (non-hydrogen) atoms. The second kappa shape index (κ2) is 5.53. The van der Waals surface area contributed by atoms with Crippen molar-refractivity contribution in [3.8, 4) is 0 Å². The number of thiocarbonyl (C=S) groups is 1. The highest BCUT2D eigenvalue weighted by molar-refractivity contribution is 9.10. The first-order valence-corrected chi connectivity index (χ1v) is 5.60. The lowest BCUT2D eigenvalue weighted by atomic mass is 10.2. The van der Waals surface area contributed by atoms with Gasteiger partial charge in [0, 0.05) is 17.6 Å². The first-order chi connectivity index (χ1) is 6.99. The number of nitrogens with zero attached hydrogens (tertiary/aromatic N) is 1. The van der Waals surface area contributed by atoms with Crippen molar-refractivity contribution < 1.29 is 4.39 Å². The molecule has 0 spiro atoms. The van der Waals surface area contributed by atoms with E-state index in [9.17, 15) is 4.39 Å². The monoisotopic (exact) mass is 290 g/mol. The van der Waals surface area contributed by atoms with E-state index >= 15 is 0 Å². The fourth-order valence-electron chi connectivity index (χ4n) is 1.26. The molecule has 5 heteroatoms. The molecule has 0 fully saturated rings. The predicted molar refractivity (Wildman–Crippen MR) is 67.2 cm³/mol. The lowest BCUT2D eigenvalue weighted by molar-refractivity contribution is 0.373. The van der Waals surface area contributed by atoms with E-state index in [-0.39, 0.29) is 5.82 Å². The molecule has 0 saturated carbocycles. The van der Waals surface area contributed by atoms with Crippen LogP contribution in [-0.4, -0.2) is 23.5 Å². The summed E-state index contributed by atoms with van der Waals surface area (Å²) in [7, 11) is 1.91. The van der Waals surface area contributed by atoms with Crippen LogP contribution in [0.15, 0.2) is 22.7 Å². The van der Waals surface area contributed by atoms with Gasteiger partial charge in [-0.25, -0.2) is 4.39 Å². The Bertz CT molecular complexity index is 370. The first kappa shape index (κ1) is 12.5. The summed E-state index contributed by atoms with van der Waals surface area (Å²) in [6.45, 7) is 1.23. The maximum Gasteiger partial charge on any atom is 0.124 e. The molecule has 1 rings (SSSR count). The standard InChI is InChI=1S/C10H12BrFN2S/c1-14(6-10(13)15)5-7-2-3-8(12)4-9(7)11/h2-4H,5-6H2,1H3,(H2,13,15). The van der Waals surface area contributed by atoms with Crippen LogP contribution in [0.1, 0.15) is 5.56 Å². The fourth-order valence-corrected chi connectivity index (χ4v) is 1.96. The molecular weight excluding hydrogens is 279 g/mol. The predicted octanol–water partition coefficient (Wildman–Crippen LogP) is 2.31. The zero-order valence-electron chi connectivity index (χ0n) is 8.34. The van der Waals surface area contributed by atoms with Gasteiger partial charge in [0.25, 0.3) is 0 Å². The molecule has 0 aliphatic carbocycles. The molecule has 2 nitrogen and oxygen atoms in total. The van der Waals surface area contributed by atoms with E-state index in [1.807, 2.05) is 11.9 Å². The minimum Gasteiger partial charge on any atom is -0.392 e. The molecule has 0 bridgehead atoms. The van der Waals surface area contributed by atoms with Crippen molar-refractivity contribution >= 4 is 33.1 Å². The summed E-state index contributed by atoms with van der Waals surface area (Å²) >= 11 is 8.12. The lowest BCUT2D eigenvalue weighted by Crippen LogP contribution is -2.29. The summed E-state index contributed by atoms with van der Waals surface area (Å²) < 4.78 is 13.6. The highest BCUT2D eigenvalue weighted by Crippen LogP contribution is 2.19. The molecule has 2 N–H and O–H groups in total. The SMILES string of the molecule is CN(CC(N)=S)Cc1ccc(F)cc1Br. The normalized spacial score (nSPS) is 10.7. The third-order valence-corrected chi connectivity index (χ3v) is 2.75. The first-order valence-electron chi connectivity index (χ1n) is 4.40. The zero-order valence-corrected chi connectivity index (χ0v) is 10.7. The Balaban J connectivity index is 2.68. The third kappa shape index (κ3) is 4.24. The molecule has 0 aliphatic heterocycles. The summed E-state index contributed by atoms with van der Waals surface area (Å²) in [5.74, 6) is -0.248. The van der Waals surface area contributed by atoms with Gasteiger partial charge in [-0.2, -0.15) is 0 Å². The Kier molecular flexibility index (Phi) is 4.63. The lowest BCUT2D eigenvalue weighted by Gasteiger charge is -2.16. The molecule has 0 aliphatic rings. The summed E-state index contributed by atoms with van der Waals surface area (Å²) in [6.07, 6.45) is 0. The van der Waals surface area contributed by atoms with Crippen LogP contribution in [0.25, 0.3) is 0 Å². The van der Waals surface area contributed by atoms with Gasteiger partial charge >= 0.3 is 0 Å². The van der Waals surface area contributed by atoms with E-state index in [2.05, 4.69) is 15.9 Å². The Morgan fingerprint density at radius 2 is 2.27 bits per heavy atom. The van der Waals surface area contributed by atoms with Crippen LogP contribution in [0.4, 0.5) is 4.39 Å². The molecule has 0 unspecified atom stereocenters. The van der Waals surface area contributed by atoms with Gasteiger partial charge in [-0.3, -0.25) is 4.90 Å². The number of rotatable bonds is 4. The van der Waals surface area contributed by atoms with E-state index in [0.29, 0.717) is 18.1 Å². The summed E-state index contributed by atoms with van der Waals surface area (Å²) in [5.41, 5.74) is 6.44. The van der Waals surface area contributed by atoms with Gasteiger partial charge in [-0.05, 0) is 24.7 Å². The number of likely N-dealkylation sites (N-methyl/N-ethyl adjacent to an activating group) is 1. The Labute approximate surface area is 102 Å². The Morgan fingerprint density at radius 1 is 1.60 bits per heavy atom. The van der Waals surface area contributed by atoms with Crippen LogP contribution in [-0.2, 0) is 6.54 Å². The van der Waals surface area contributed by atoms with E-state index in [4.69, 9.17) is 18.0 Å². The molecule has 0 atom stereocenters. The number of nitrogens with two attached hydrogens (primary N) is 1. The van der Waals surface area contributed by atoms with Gasteiger partial charge in [0.05, 0.1) is 4.99 Å². The molecular formula is C10H12BrFN2S. The van der Waals surface area contributed by atoms with Gasteiger partial charge < -0.3 is 5.73 Å². The van der Waals surface area contributed by atoms with Crippen LogP contribution in [0.3, 0.4) is 0 Å². The molecule has 0 heterocycles. The van der Waals surface area contributed by atoms with Crippen molar-refractivity contribution in [2.24, 2.45) is 5.73 Å². The van der Waals surface area contributed by atoms with Gasteiger partial charge in [0.1, 0.15) is 5.82 Å². The van der Waals surface area contributed by atoms with Gasteiger partial charge in [-0.1, -0.05) is 34.2 Å². The number of hydrogen-bond acceptors (Lipinski definition) is 2. The Hall–Kier alpha value is -0.520. The molecule has 0 amide bonds. The second-order valence-corrected chi connectivity index (χ2v) is 4.75. The molecule has 0 aromatic heterocycles. The van der Waals surface area contributed by atoms with E-state index in [1.165, 1.54) is 12.1 Å². The molecule has 0 saturated heterocycles. The maximum atomic E-state index is 12.8. The van der Waals surface area contributed by atoms with Crippen molar-refractivity contribution in [2.75, 3.05) is 13.6 Å². The van der Waals surface area contributed by atoms with Crippen LogP contribution in [0, 0.1) is 5.82 Å².